The molecule has 0 N–H and O–H groups in total. The molecule has 3 heteroatoms. The molecule has 1 aliphatic heterocycles. The van der Waals surface area contributed by atoms with E-state index in [0.717, 1.165) is 12.7 Å². The van der Waals surface area contributed by atoms with Crippen LogP contribution in [-0.4, -0.2) is 18.3 Å². The van der Waals surface area contributed by atoms with Crippen LogP contribution in [0.15, 0.2) is 36.9 Å². The number of benzene rings is 1. The molecule has 1 atom stereocenters. The third-order valence-electron chi connectivity index (χ3n) is 4.86. The summed E-state index contributed by atoms with van der Waals surface area (Å²) in [6, 6.07) is 8.55. The smallest absolute Gasteiger partial charge is 0.403 e. The minimum absolute atomic E-state index is 0.153. The summed E-state index contributed by atoms with van der Waals surface area (Å²) in [6.07, 6.45) is 3.79. The second-order valence-electron chi connectivity index (χ2n) is 7.00. The zero-order valence-electron chi connectivity index (χ0n) is 14.0. The van der Waals surface area contributed by atoms with E-state index in [-0.39, 0.29) is 18.3 Å². The van der Waals surface area contributed by atoms with Crippen molar-refractivity contribution in [1.29, 1.82) is 0 Å². The highest BCUT2D eigenvalue weighted by Crippen LogP contribution is 2.40. The van der Waals surface area contributed by atoms with Crippen molar-refractivity contribution in [3.05, 3.63) is 48.0 Å². The molecule has 0 aliphatic carbocycles. The van der Waals surface area contributed by atoms with Crippen molar-refractivity contribution in [1.82, 2.24) is 0 Å². The molecule has 1 saturated heterocycles. The molecular formula is C18H27BO2. The topological polar surface area (TPSA) is 18.5 Å². The van der Waals surface area contributed by atoms with Crippen LogP contribution < -0.4 is 0 Å². The van der Waals surface area contributed by atoms with Crippen LogP contribution in [0.2, 0.25) is 6.32 Å². The summed E-state index contributed by atoms with van der Waals surface area (Å²) in [7, 11) is -0.153. The first-order valence-electron chi connectivity index (χ1n) is 7.79. The highest BCUT2D eigenvalue weighted by molar-refractivity contribution is 6.45. The lowest BCUT2D eigenvalue weighted by atomic mass is 9.73. The van der Waals surface area contributed by atoms with Crippen molar-refractivity contribution in [2.24, 2.45) is 0 Å². The molecule has 114 valence electrons. The molecule has 0 unspecified atom stereocenters. The average molecular weight is 286 g/mol. The molecule has 0 aromatic heterocycles. The Kier molecular flexibility index (Phi) is 4.65. The van der Waals surface area contributed by atoms with Crippen molar-refractivity contribution in [2.45, 2.75) is 64.5 Å². The maximum Gasteiger partial charge on any atom is 0.458 e. The first-order chi connectivity index (χ1) is 9.77. The van der Waals surface area contributed by atoms with Gasteiger partial charge in [-0.3, -0.25) is 0 Å². The summed E-state index contributed by atoms with van der Waals surface area (Å²) >= 11 is 0. The number of hydrogen-bond donors (Lipinski definition) is 0. The van der Waals surface area contributed by atoms with Gasteiger partial charge in [-0.15, -0.1) is 6.58 Å². The second kappa shape index (κ2) is 5.98. The molecule has 0 amide bonds. The van der Waals surface area contributed by atoms with E-state index in [9.17, 15) is 0 Å². The Morgan fingerprint density at radius 3 is 2.24 bits per heavy atom. The van der Waals surface area contributed by atoms with Crippen molar-refractivity contribution >= 4 is 7.12 Å². The molecule has 0 spiro atoms. The molecular weight excluding hydrogens is 259 g/mol. The minimum Gasteiger partial charge on any atom is -0.403 e. The lowest BCUT2D eigenvalue weighted by molar-refractivity contribution is 0.00578. The third kappa shape index (κ3) is 3.41. The van der Waals surface area contributed by atoms with Crippen molar-refractivity contribution in [2.75, 3.05) is 0 Å². The van der Waals surface area contributed by atoms with Crippen LogP contribution in [0.5, 0.6) is 0 Å². The van der Waals surface area contributed by atoms with Gasteiger partial charge in [0.1, 0.15) is 0 Å². The predicted octanol–water partition coefficient (Wildman–Crippen LogP) is 4.75. The van der Waals surface area contributed by atoms with Crippen LogP contribution in [0, 0.1) is 6.92 Å². The van der Waals surface area contributed by atoms with Crippen LogP contribution in [-0.2, 0) is 9.31 Å². The number of allylic oxidation sites excluding steroid dienone is 1. The van der Waals surface area contributed by atoms with Gasteiger partial charge in [0, 0.05) is 0 Å². The zero-order valence-corrected chi connectivity index (χ0v) is 14.0. The molecule has 2 nitrogen and oxygen atoms in total. The molecule has 1 aromatic rings. The van der Waals surface area contributed by atoms with Crippen molar-refractivity contribution in [3.8, 4) is 0 Å². The van der Waals surface area contributed by atoms with Gasteiger partial charge in [0.15, 0.2) is 0 Å². The molecule has 1 fully saturated rings. The largest absolute Gasteiger partial charge is 0.458 e. The Labute approximate surface area is 129 Å². The van der Waals surface area contributed by atoms with Gasteiger partial charge < -0.3 is 9.31 Å². The Bertz CT molecular complexity index is 492. The number of rotatable bonds is 5. The van der Waals surface area contributed by atoms with Crippen LogP contribution in [0.25, 0.3) is 0 Å². The molecule has 0 bridgehead atoms. The van der Waals surface area contributed by atoms with Gasteiger partial charge in [0.05, 0.1) is 11.2 Å². The summed E-state index contributed by atoms with van der Waals surface area (Å²) in [5, 5.41) is 0. The maximum atomic E-state index is 6.15. The van der Waals surface area contributed by atoms with Crippen molar-refractivity contribution in [3.63, 3.8) is 0 Å². The normalized spacial score (nSPS) is 21.3. The summed E-state index contributed by atoms with van der Waals surface area (Å²) in [5.41, 5.74) is 2.16. The summed E-state index contributed by atoms with van der Waals surface area (Å²) in [6.45, 7) is 14.5. The Balaban J connectivity index is 2.16. The van der Waals surface area contributed by atoms with Crippen LogP contribution in [0.3, 0.4) is 0 Å². The first kappa shape index (κ1) is 16.3. The Morgan fingerprint density at radius 1 is 1.14 bits per heavy atom. The third-order valence-corrected chi connectivity index (χ3v) is 4.86. The number of hydrogen-bond acceptors (Lipinski definition) is 2. The monoisotopic (exact) mass is 286 g/mol. The molecule has 0 saturated carbocycles. The van der Waals surface area contributed by atoms with E-state index >= 15 is 0 Å². The summed E-state index contributed by atoms with van der Waals surface area (Å²) in [5.74, 6) is 0.387. The molecule has 21 heavy (non-hydrogen) atoms. The SMILES string of the molecule is C=CC[C@H](CB1OC(C)(C)C(C)(C)O1)c1ccccc1C. The minimum atomic E-state index is -0.262. The fourth-order valence-corrected chi connectivity index (χ4v) is 2.89. The van der Waals surface area contributed by atoms with E-state index in [4.69, 9.17) is 9.31 Å². The lowest BCUT2D eigenvalue weighted by Gasteiger charge is -2.32. The van der Waals surface area contributed by atoms with Gasteiger partial charge in [0.2, 0.25) is 0 Å². The fourth-order valence-electron chi connectivity index (χ4n) is 2.89. The Hall–Kier alpha value is -1.06. The lowest BCUT2D eigenvalue weighted by Crippen LogP contribution is -2.41. The van der Waals surface area contributed by atoms with E-state index in [2.05, 4.69) is 65.5 Å². The van der Waals surface area contributed by atoms with Crippen LogP contribution in [0.4, 0.5) is 0 Å². The first-order valence-corrected chi connectivity index (χ1v) is 7.79. The van der Waals surface area contributed by atoms with Gasteiger partial charge >= 0.3 is 7.12 Å². The molecule has 2 rings (SSSR count). The van der Waals surface area contributed by atoms with E-state index in [1.54, 1.807) is 0 Å². The van der Waals surface area contributed by atoms with Gasteiger partial charge in [-0.2, -0.15) is 0 Å². The second-order valence-corrected chi connectivity index (χ2v) is 7.00. The van der Waals surface area contributed by atoms with E-state index in [1.165, 1.54) is 11.1 Å². The van der Waals surface area contributed by atoms with Gasteiger partial charge in [-0.05, 0) is 64.4 Å². The predicted molar refractivity (Wildman–Crippen MR) is 89.6 cm³/mol. The average Bonchev–Trinajstić information content (AvgIpc) is 2.57. The number of aryl methyl sites for hydroxylation is 1. The Morgan fingerprint density at radius 2 is 1.71 bits per heavy atom. The fraction of sp³-hybridized carbons (Fsp3) is 0.556. The quantitative estimate of drug-likeness (QED) is 0.574. The van der Waals surface area contributed by atoms with Gasteiger partial charge in [-0.25, -0.2) is 0 Å². The molecule has 1 heterocycles. The van der Waals surface area contributed by atoms with Crippen LogP contribution >= 0.6 is 0 Å². The van der Waals surface area contributed by atoms with Crippen molar-refractivity contribution < 1.29 is 9.31 Å². The van der Waals surface area contributed by atoms with E-state index in [1.807, 2.05) is 6.08 Å². The van der Waals surface area contributed by atoms with Crippen LogP contribution in [0.1, 0.15) is 51.2 Å². The highest BCUT2D eigenvalue weighted by Gasteiger charge is 2.51. The van der Waals surface area contributed by atoms with E-state index < -0.39 is 0 Å². The van der Waals surface area contributed by atoms with Gasteiger partial charge in [0.25, 0.3) is 0 Å². The highest BCUT2D eigenvalue weighted by atomic mass is 16.7. The summed E-state index contributed by atoms with van der Waals surface area (Å²) in [4.78, 5) is 0. The van der Waals surface area contributed by atoms with Gasteiger partial charge in [-0.1, -0.05) is 30.3 Å². The van der Waals surface area contributed by atoms with E-state index in [0.29, 0.717) is 5.92 Å². The maximum absolute atomic E-state index is 6.15. The summed E-state index contributed by atoms with van der Waals surface area (Å²) < 4.78 is 12.3. The molecule has 1 aliphatic rings. The standard InChI is InChI=1S/C18H27BO2/c1-7-10-15(16-12-9-8-11-14(16)2)13-19-20-17(3,4)18(5,6)21-19/h7-9,11-12,15H,1,10,13H2,2-6H3/t15-/m1/s1. The molecule has 0 radical (unpaired) electrons. The molecule has 1 aromatic carbocycles. The zero-order chi connectivity index (χ0) is 15.7.